The second-order valence-corrected chi connectivity index (χ2v) is 11.1. The highest BCUT2D eigenvalue weighted by Gasteiger charge is 2.24. The number of nitro benzene ring substituents is 3. The van der Waals surface area contributed by atoms with Crippen molar-refractivity contribution in [3.8, 4) is 0 Å². The van der Waals surface area contributed by atoms with Crippen LogP contribution in [0, 0.1) is 30.3 Å². The largest absolute Gasteiger partial charge is 0.399 e. The molecule has 0 spiro atoms. The highest BCUT2D eigenvalue weighted by atomic mass is 16.6. The van der Waals surface area contributed by atoms with Crippen molar-refractivity contribution < 1.29 is 14.8 Å². The maximum atomic E-state index is 11.9. The highest BCUT2D eigenvalue weighted by Crippen LogP contribution is 2.37. The number of non-ortho nitro benzene ring substituents is 2. The van der Waals surface area contributed by atoms with Crippen LogP contribution in [0.3, 0.4) is 0 Å². The van der Waals surface area contributed by atoms with Gasteiger partial charge >= 0.3 is 0 Å². The first-order valence-electron chi connectivity index (χ1n) is 14.5. The smallest absolute Gasteiger partial charge is 0.272 e. The molecule has 0 saturated heterocycles. The van der Waals surface area contributed by atoms with Gasteiger partial charge in [0.05, 0.1) is 14.8 Å². The zero-order valence-corrected chi connectivity index (χ0v) is 24.7. The van der Waals surface area contributed by atoms with Crippen LogP contribution in [0.4, 0.5) is 28.4 Å². The lowest BCUT2D eigenvalue weighted by atomic mass is 9.82. The molecule has 0 aromatic heterocycles. The first-order chi connectivity index (χ1) is 22.1. The molecule has 4 N–H and O–H groups in total. The van der Waals surface area contributed by atoms with Crippen LogP contribution in [0.1, 0.15) is 44.9 Å². The Labute approximate surface area is 264 Å². The lowest BCUT2D eigenvalue weighted by molar-refractivity contribution is -0.385. The Balaban J connectivity index is 1.62. The maximum absolute atomic E-state index is 11.9. The molecule has 0 saturated carbocycles. The molecule has 0 amide bonds. The van der Waals surface area contributed by atoms with Gasteiger partial charge in [0.25, 0.3) is 17.1 Å². The summed E-state index contributed by atoms with van der Waals surface area (Å²) < 4.78 is 0. The Morgan fingerprint density at radius 2 is 1.26 bits per heavy atom. The molecule has 1 unspecified atom stereocenters. The minimum atomic E-state index is -0.456. The van der Waals surface area contributed by atoms with E-state index in [1.807, 2.05) is 30.3 Å². The first-order valence-corrected chi connectivity index (χ1v) is 14.5. The summed E-state index contributed by atoms with van der Waals surface area (Å²) in [5, 5.41) is 34.6. The van der Waals surface area contributed by atoms with Gasteiger partial charge in [0, 0.05) is 53.7 Å². The number of rotatable bonds is 12. The lowest BCUT2D eigenvalue weighted by Crippen LogP contribution is -2.14. The number of benzene rings is 5. The predicted octanol–water partition coefficient (Wildman–Crippen LogP) is 7.33. The van der Waals surface area contributed by atoms with Crippen molar-refractivity contribution in [1.82, 2.24) is 0 Å². The van der Waals surface area contributed by atoms with E-state index in [0.717, 1.165) is 27.8 Å². The van der Waals surface area contributed by atoms with Crippen LogP contribution >= 0.6 is 0 Å². The predicted molar refractivity (Wildman–Crippen MR) is 177 cm³/mol. The zero-order valence-electron chi connectivity index (χ0n) is 24.7. The average Bonchev–Trinajstić information content (AvgIpc) is 3.03. The fourth-order valence-electron chi connectivity index (χ4n) is 5.82. The van der Waals surface area contributed by atoms with Crippen molar-refractivity contribution in [3.05, 3.63) is 178 Å². The molecule has 0 fully saturated rings. The second-order valence-electron chi connectivity index (χ2n) is 11.1. The van der Waals surface area contributed by atoms with Gasteiger partial charge in [-0.2, -0.15) is 0 Å². The minimum absolute atomic E-state index is 0.0187. The van der Waals surface area contributed by atoms with Crippen LogP contribution in [-0.4, -0.2) is 14.8 Å². The third-order valence-corrected chi connectivity index (χ3v) is 8.06. The molecule has 5 aromatic carbocycles. The summed E-state index contributed by atoms with van der Waals surface area (Å²) in [5.74, 6) is -0.278. The third kappa shape index (κ3) is 7.33. The molecule has 1 atom stereocenters. The Morgan fingerprint density at radius 1 is 0.565 bits per heavy atom. The number of para-hydroxylation sites is 1. The van der Waals surface area contributed by atoms with Crippen LogP contribution in [0.2, 0.25) is 0 Å². The van der Waals surface area contributed by atoms with E-state index in [9.17, 15) is 30.3 Å². The van der Waals surface area contributed by atoms with E-state index in [1.165, 1.54) is 30.3 Å². The van der Waals surface area contributed by atoms with Gasteiger partial charge in [0.2, 0.25) is 0 Å². The Hall–Kier alpha value is -6.10. The number of nitrogens with zero attached hydrogens (tertiary/aromatic N) is 3. The average molecular weight is 618 g/mol. The first kappa shape index (κ1) is 31.3. The number of anilines is 2. The number of nitrogen functional groups attached to an aromatic ring is 2. The molecule has 232 valence electrons. The molecule has 5 aromatic rings. The molecule has 0 bridgehead atoms. The maximum Gasteiger partial charge on any atom is 0.272 e. The van der Waals surface area contributed by atoms with Crippen LogP contribution in [0.15, 0.2) is 109 Å². The van der Waals surface area contributed by atoms with Crippen LogP contribution in [-0.2, 0) is 25.7 Å². The fourth-order valence-corrected chi connectivity index (χ4v) is 5.82. The number of hydrogen-bond donors (Lipinski definition) is 2. The van der Waals surface area contributed by atoms with Crippen molar-refractivity contribution in [3.63, 3.8) is 0 Å². The van der Waals surface area contributed by atoms with Crippen LogP contribution < -0.4 is 11.5 Å². The summed E-state index contributed by atoms with van der Waals surface area (Å²) >= 11 is 0. The van der Waals surface area contributed by atoms with Crippen LogP contribution in [0.5, 0.6) is 0 Å². The Bertz CT molecular complexity index is 1930. The van der Waals surface area contributed by atoms with E-state index in [2.05, 4.69) is 0 Å². The van der Waals surface area contributed by atoms with Gasteiger partial charge in [-0.05, 0) is 70.7 Å². The van der Waals surface area contributed by atoms with Crippen molar-refractivity contribution >= 4 is 28.4 Å². The van der Waals surface area contributed by atoms with Gasteiger partial charge in [-0.25, -0.2) is 0 Å². The molecule has 0 aliphatic carbocycles. The number of nitro groups is 3. The van der Waals surface area contributed by atoms with Crippen molar-refractivity contribution in [2.24, 2.45) is 0 Å². The van der Waals surface area contributed by atoms with Crippen molar-refractivity contribution in [1.29, 1.82) is 0 Å². The van der Waals surface area contributed by atoms with Crippen LogP contribution in [0.25, 0.3) is 0 Å². The summed E-state index contributed by atoms with van der Waals surface area (Å²) in [4.78, 5) is 33.3. The Morgan fingerprint density at radius 3 is 1.96 bits per heavy atom. The second kappa shape index (κ2) is 13.7. The molecule has 0 aliphatic heterocycles. The van der Waals surface area contributed by atoms with E-state index in [4.69, 9.17) is 11.5 Å². The van der Waals surface area contributed by atoms with E-state index in [0.29, 0.717) is 48.2 Å². The number of nitrogens with two attached hydrogens (primary N) is 2. The van der Waals surface area contributed by atoms with Gasteiger partial charge in [0.1, 0.15) is 0 Å². The molecule has 0 heterocycles. The topological polar surface area (TPSA) is 181 Å². The van der Waals surface area contributed by atoms with E-state index in [1.54, 1.807) is 48.5 Å². The van der Waals surface area contributed by atoms with Gasteiger partial charge in [-0.3, -0.25) is 30.3 Å². The molecular weight excluding hydrogens is 586 g/mol. The highest BCUT2D eigenvalue weighted by molar-refractivity contribution is 5.62. The standard InChI is InChI=1S/C35H31N5O6/c36-29-8-3-5-24(19-29)18-28(22-27-7-1-2-10-34(27)40(45)46)32-16-13-26(17-23-11-14-30(15-12-23)38(41)42)33(35(32)37)21-25-6-4-9-31(20-25)39(43)44/h1-16,19-20,28H,17-18,21-22,36-37H2. The SMILES string of the molecule is Nc1cccc(CC(Cc2ccccc2[N+](=O)[O-])c2ccc(Cc3ccc([N+](=O)[O-])cc3)c(Cc3cccc([N+](=O)[O-])c3)c2N)c1. The summed E-state index contributed by atoms with van der Waals surface area (Å²) in [6, 6.07) is 30.6. The number of hydrogen-bond acceptors (Lipinski definition) is 8. The molecular formula is C35H31N5O6. The molecule has 46 heavy (non-hydrogen) atoms. The van der Waals surface area contributed by atoms with E-state index < -0.39 is 14.8 Å². The molecule has 5 rings (SSSR count). The van der Waals surface area contributed by atoms with E-state index >= 15 is 0 Å². The van der Waals surface area contributed by atoms with E-state index in [-0.39, 0.29) is 23.0 Å². The third-order valence-electron chi connectivity index (χ3n) is 8.06. The van der Waals surface area contributed by atoms with Crippen molar-refractivity contribution in [2.75, 3.05) is 11.5 Å². The summed E-state index contributed by atoms with van der Waals surface area (Å²) in [6.07, 6.45) is 1.53. The zero-order chi connectivity index (χ0) is 32.8. The Kier molecular flexibility index (Phi) is 9.32. The normalized spacial score (nSPS) is 11.6. The van der Waals surface area contributed by atoms with Gasteiger partial charge < -0.3 is 11.5 Å². The quantitative estimate of drug-likeness (QED) is 0.0829. The van der Waals surface area contributed by atoms with Gasteiger partial charge in [-0.1, -0.05) is 66.7 Å². The summed E-state index contributed by atoms with van der Waals surface area (Å²) in [6.45, 7) is 0. The van der Waals surface area contributed by atoms with Gasteiger partial charge in [-0.15, -0.1) is 0 Å². The van der Waals surface area contributed by atoms with Gasteiger partial charge in [0.15, 0.2) is 0 Å². The summed E-state index contributed by atoms with van der Waals surface area (Å²) in [7, 11) is 0. The molecule has 0 aliphatic rings. The summed E-state index contributed by atoms with van der Waals surface area (Å²) in [5.41, 5.74) is 19.6. The monoisotopic (exact) mass is 617 g/mol. The molecule has 11 nitrogen and oxygen atoms in total. The lowest BCUT2D eigenvalue weighted by Gasteiger charge is -2.24. The fraction of sp³-hybridized carbons (Fsp3) is 0.143. The molecule has 11 heteroatoms. The molecule has 0 radical (unpaired) electrons. The van der Waals surface area contributed by atoms with Crippen molar-refractivity contribution in [2.45, 2.75) is 31.6 Å². The minimum Gasteiger partial charge on any atom is -0.399 e.